The number of aromatic nitrogens is 2. The summed E-state index contributed by atoms with van der Waals surface area (Å²) in [4.78, 5) is 18.5. The highest BCUT2D eigenvalue weighted by atomic mass is 16.3. The number of anilines is 1. The average Bonchev–Trinajstić information content (AvgIpc) is 3.00. The maximum atomic E-state index is 12.5. The standard InChI is InChI=1S/C16H25N5O2/c1-19(2)15-7-6-12(17-18-15)16(23)21-10-8-20(9-11-21)13-4-3-5-14(13)22/h6-7,13-14,22H,3-5,8-11H2,1-2H3/t13-,14-/m1/s1. The van der Waals surface area contributed by atoms with Crippen molar-refractivity contribution in [3.63, 3.8) is 0 Å². The van der Waals surface area contributed by atoms with Gasteiger partial charge in [-0.2, -0.15) is 0 Å². The molecule has 1 aliphatic carbocycles. The zero-order valence-corrected chi connectivity index (χ0v) is 13.9. The van der Waals surface area contributed by atoms with Crippen molar-refractivity contribution >= 4 is 11.7 Å². The van der Waals surface area contributed by atoms with Crippen LogP contribution in [0.25, 0.3) is 0 Å². The van der Waals surface area contributed by atoms with Crippen LogP contribution in [0.3, 0.4) is 0 Å². The Hall–Kier alpha value is -1.73. The zero-order chi connectivity index (χ0) is 16.4. The molecule has 7 heteroatoms. The molecule has 23 heavy (non-hydrogen) atoms. The molecule has 2 atom stereocenters. The van der Waals surface area contributed by atoms with Crippen LogP contribution in [0.1, 0.15) is 29.8 Å². The van der Waals surface area contributed by atoms with Gasteiger partial charge in [0.1, 0.15) is 0 Å². The maximum absolute atomic E-state index is 12.5. The third-order valence-electron chi connectivity index (χ3n) is 4.84. The molecule has 0 unspecified atom stereocenters. The lowest BCUT2D eigenvalue weighted by Crippen LogP contribution is -2.53. The van der Waals surface area contributed by atoms with Crippen LogP contribution in [-0.4, -0.2) is 83.4 Å². The highest BCUT2D eigenvalue weighted by molar-refractivity contribution is 5.92. The van der Waals surface area contributed by atoms with Crippen molar-refractivity contribution in [1.29, 1.82) is 0 Å². The first-order chi connectivity index (χ1) is 11.1. The fourth-order valence-corrected chi connectivity index (χ4v) is 3.44. The van der Waals surface area contributed by atoms with Gasteiger partial charge in [-0.05, 0) is 31.4 Å². The third kappa shape index (κ3) is 3.45. The van der Waals surface area contributed by atoms with E-state index in [1.54, 1.807) is 6.07 Å². The van der Waals surface area contributed by atoms with Gasteiger partial charge < -0.3 is 14.9 Å². The van der Waals surface area contributed by atoms with Crippen molar-refractivity contribution < 1.29 is 9.90 Å². The normalized spacial score (nSPS) is 25.6. The number of amides is 1. The van der Waals surface area contributed by atoms with Gasteiger partial charge in [0, 0.05) is 46.3 Å². The van der Waals surface area contributed by atoms with Gasteiger partial charge in [-0.3, -0.25) is 9.69 Å². The van der Waals surface area contributed by atoms with Gasteiger partial charge in [-0.15, -0.1) is 10.2 Å². The molecular formula is C16H25N5O2. The molecule has 0 radical (unpaired) electrons. The zero-order valence-electron chi connectivity index (χ0n) is 13.9. The Kier molecular flexibility index (Phi) is 4.77. The quantitative estimate of drug-likeness (QED) is 0.859. The molecule has 1 aromatic rings. The fraction of sp³-hybridized carbons (Fsp3) is 0.688. The molecule has 1 aromatic heterocycles. The van der Waals surface area contributed by atoms with Crippen LogP contribution in [0.4, 0.5) is 5.82 Å². The molecule has 2 heterocycles. The summed E-state index contributed by atoms with van der Waals surface area (Å²) in [5.74, 6) is 0.677. The van der Waals surface area contributed by atoms with Gasteiger partial charge in [0.2, 0.25) is 0 Å². The van der Waals surface area contributed by atoms with Crippen LogP contribution < -0.4 is 4.90 Å². The van der Waals surface area contributed by atoms with E-state index in [1.807, 2.05) is 30.0 Å². The van der Waals surface area contributed by atoms with E-state index in [0.29, 0.717) is 18.8 Å². The lowest BCUT2D eigenvalue weighted by Gasteiger charge is -2.38. The lowest BCUT2D eigenvalue weighted by atomic mass is 10.1. The Balaban J connectivity index is 1.57. The SMILES string of the molecule is CN(C)c1ccc(C(=O)N2CCN([C@@H]3CCC[C@H]3O)CC2)nn1. The molecule has 1 N–H and O–H groups in total. The lowest BCUT2D eigenvalue weighted by molar-refractivity contribution is 0.0312. The minimum Gasteiger partial charge on any atom is -0.391 e. The number of piperazine rings is 1. The summed E-state index contributed by atoms with van der Waals surface area (Å²) in [6, 6.07) is 3.81. The maximum Gasteiger partial charge on any atom is 0.274 e. The van der Waals surface area contributed by atoms with Crippen molar-refractivity contribution in [3.05, 3.63) is 17.8 Å². The molecule has 3 rings (SSSR count). The van der Waals surface area contributed by atoms with Crippen LogP contribution in [0, 0.1) is 0 Å². The highest BCUT2D eigenvalue weighted by Crippen LogP contribution is 2.25. The summed E-state index contributed by atoms with van der Waals surface area (Å²) in [6.07, 6.45) is 2.85. The highest BCUT2D eigenvalue weighted by Gasteiger charge is 2.33. The number of carbonyl (C=O) groups excluding carboxylic acids is 1. The average molecular weight is 319 g/mol. The van der Waals surface area contributed by atoms with Crippen molar-refractivity contribution in [2.75, 3.05) is 45.2 Å². The Morgan fingerprint density at radius 1 is 1.17 bits per heavy atom. The van der Waals surface area contributed by atoms with Crippen molar-refractivity contribution in [1.82, 2.24) is 20.0 Å². The van der Waals surface area contributed by atoms with Gasteiger partial charge in [0.05, 0.1) is 6.10 Å². The number of rotatable bonds is 3. The van der Waals surface area contributed by atoms with E-state index in [1.165, 1.54) is 0 Å². The van der Waals surface area contributed by atoms with E-state index in [9.17, 15) is 9.90 Å². The molecule has 7 nitrogen and oxygen atoms in total. The van der Waals surface area contributed by atoms with Crippen molar-refractivity contribution in [2.24, 2.45) is 0 Å². The molecular weight excluding hydrogens is 294 g/mol. The predicted octanol–water partition coefficient (Wildman–Crippen LogP) is 0.214. The number of nitrogens with zero attached hydrogens (tertiary/aromatic N) is 5. The van der Waals surface area contributed by atoms with E-state index in [-0.39, 0.29) is 18.1 Å². The number of aliphatic hydroxyl groups excluding tert-OH is 1. The second-order valence-corrected chi connectivity index (χ2v) is 6.56. The number of hydrogen-bond donors (Lipinski definition) is 1. The Labute approximate surface area is 136 Å². The van der Waals surface area contributed by atoms with E-state index in [0.717, 1.165) is 38.2 Å². The van der Waals surface area contributed by atoms with Gasteiger partial charge in [-0.1, -0.05) is 0 Å². The monoisotopic (exact) mass is 319 g/mol. The third-order valence-corrected chi connectivity index (χ3v) is 4.84. The molecule has 1 saturated heterocycles. The van der Waals surface area contributed by atoms with Crippen LogP contribution >= 0.6 is 0 Å². The molecule has 2 fully saturated rings. The molecule has 1 aliphatic heterocycles. The van der Waals surface area contributed by atoms with Crippen LogP contribution in [0.2, 0.25) is 0 Å². The van der Waals surface area contributed by atoms with Gasteiger partial charge >= 0.3 is 0 Å². The predicted molar refractivity (Wildman–Crippen MR) is 87.5 cm³/mol. The first-order valence-corrected chi connectivity index (χ1v) is 8.28. The van der Waals surface area contributed by atoms with Crippen LogP contribution in [0.15, 0.2) is 12.1 Å². The number of hydrogen-bond acceptors (Lipinski definition) is 6. The Morgan fingerprint density at radius 3 is 2.43 bits per heavy atom. The fourth-order valence-electron chi connectivity index (χ4n) is 3.44. The molecule has 2 aliphatic rings. The molecule has 1 amide bonds. The smallest absolute Gasteiger partial charge is 0.274 e. The molecule has 0 spiro atoms. The summed E-state index contributed by atoms with van der Waals surface area (Å²) in [5, 5.41) is 18.1. The Morgan fingerprint density at radius 2 is 1.91 bits per heavy atom. The summed E-state index contributed by atoms with van der Waals surface area (Å²) < 4.78 is 0. The minimum atomic E-state index is -0.207. The van der Waals surface area contributed by atoms with E-state index in [4.69, 9.17) is 0 Å². The number of aliphatic hydroxyl groups is 1. The van der Waals surface area contributed by atoms with Crippen LogP contribution in [-0.2, 0) is 0 Å². The molecule has 0 bridgehead atoms. The first kappa shape index (κ1) is 16.1. The van der Waals surface area contributed by atoms with Crippen LogP contribution in [0.5, 0.6) is 0 Å². The van der Waals surface area contributed by atoms with Gasteiger partial charge in [0.25, 0.3) is 5.91 Å². The van der Waals surface area contributed by atoms with E-state index >= 15 is 0 Å². The second-order valence-electron chi connectivity index (χ2n) is 6.56. The summed E-state index contributed by atoms with van der Waals surface area (Å²) >= 11 is 0. The van der Waals surface area contributed by atoms with E-state index in [2.05, 4.69) is 15.1 Å². The molecule has 1 saturated carbocycles. The largest absolute Gasteiger partial charge is 0.391 e. The van der Waals surface area contributed by atoms with Gasteiger partial charge in [-0.25, -0.2) is 0 Å². The second kappa shape index (κ2) is 6.80. The van der Waals surface area contributed by atoms with Crippen molar-refractivity contribution in [2.45, 2.75) is 31.4 Å². The van der Waals surface area contributed by atoms with Gasteiger partial charge in [0.15, 0.2) is 11.5 Å². The topological polar surface area (TPSA) is 72.8 Å². The molecule has 126 valence electrons. The Bertz CT molecular complexity index is 540. The van der Waals surface area contributed by atoms with Crippen molar-refractivity contribution in [3.8, 4) is 0 Å². The minimum absolute atomic E-state index is 0.0607. The summed E-state index contributed by atoms with van der Waals surface area (Å²) in [7, 11) is 3.78. The summed E-state index contributed by atoms with van der Waals surface area (Å²) in [6.45, 7) is 2.99. The molecule has 0 aromatic carbocycles. The van der Waals surface area contributed by atoms with E-state index < -0.39 is 0 Å². The summed E-state index contributed by atoms with van der Waals surface area (Å²) in [5.41, 5.74) is 0.393. The number of carbonyl (C=O) groups is 1. The first-order valence-electron chi connectivity index (χ1n) is 8.28.